The molecule has 12 heteroatoms. The Bertz CT molecular complexity index is 630. The fraction of sp³-hybridized carbons (Fsp3) is 0.722. The van der Waals surface area contributed by atoms with Crippen LogP contribution in [0.5, 0.6) is 0 Å². The summed E-state index contributed by atoms with van der Waals surface area (Å²) >= 11 is 1.55. The van der Waals surface area contributed by atoms with Crippen molar-refractivity contribution in [3.8, 4) is 0 Å². The van der Waals surface area contributed by atoms with Crippen molar-refractivity contribution in [3.05, 3.63) is 0 Å². The van der Waals surface area contributed by atoms with Crippen LogP contribution in [-0.2, 0) is 24.0 Å². The number of rotatable bonds is 14. The number of amides is 4. The maximum absolute atomic E-state index is 12.5. The first-order valence-electron chi connectivity index (χ1n) is 9.57. The van der Waals surface area contributed by atoms with E-state index in [1.165, 1.54) is 6.92 Å². The number of carboxylic acid groups (broad SMARTS) is 1. The molecule has 4 atom stereocenters. The quantitative estimate of drug-likeness (QED) is 0.186. The van der Waals surface area contributed by atoms with E-state index in [0.717, 1.165) is 0 Å². The van der Waals surface area contributed by atoms with E-state index >= 15 is 0 Å². The van der Waals surface area contributed by atoms with Crippen LogP contribution in [0.25, 0.3) is 0 Å². The highest BCUT2D eigenvalue weighted by Crippen LogP contribution is 2.06. The van der Waals surface area contributed by atoms with Crippen molar-refractivity contribution < 1.29 is 29.1 Å². The van der Waals surface area contributed by atoms with Gasteiger partial charge in [-0.2, -0.15) is 11.8 Å². The molecule has 0 spiro atoms. The van der Waals surface area contributed by atoms with Crippen LogP contribution in [0, 0.1) is 5.92 Å². The van der Waals surface area contributed by atoms with Crippen LogP contribution in [0.1, 0.15) is 40.0 Å². The van der Waals surface area contributed by atoms with Gasteiger partial charge in [0, 0.05) is 6.42 Å². The van der Waals surface area contributed by atoms with Gasteiger partial charge in [0.05, 0.1) is 6.04 Å². The zero-order valence-corrected chi connectivity index (χ0v) is 18.6. The molecule has 0 rings (SSSR count). The molecule has 0 aliphatic carbocycles. The predicted molar refractivity (Wildman–Crippen MR) is 113 cm³/mol. The van der Waals surface area contributed by atoms with Crippen LogP contribution >= 0.6 is 11.8 Å². The van der Waals surface area contributed by atoms with Crippen LogP contribution in [0.4, 0.5) is 0 Å². The van der Waals surface area contributed by atoms with E-state index in [-0.39, 0.29) is 18.8 Å². The summed E-state index contributed by atoms with van der Waals surface area (Å²) in [5.74, 6) is -3.49. The van der Waals surface area contributed by atoms with Gasteiger partial charge in [0.2, 0.25) is 23.6 Å². The van der Waals surface area contributed by atoms with Gasteiger partial charge in [0.25, 0.3) is 0 Å². The second-order valence-corrected chi connectivity index (χ2v) is 8.24. The molecule has 0 radical (unpaired) electrons. The number of carboxylic acids is 1. The molecule has 0 bridgehead atoms. The molecule has 0 fully saturated rings. The summed E-state index contributed by atoms with van der Waals surface area (Å²) in [5, 5.41) is 16.6. The van der Waals surface area contributed by atoms with Crippen LogP contribution in [0.2, 0.25) is 0 Å². The number of carbonyl (C=O) groups is 5. The van der Waals surface area contributed by atoms with Gasteiger partial charge in [-0.15, -0.1) is 0 Å². The normalized spacial score (nSPS) is 14.9. The SMILES string of the molecule is CSCCC(N)C(=O)NC(C)C(=O)NC(C(=O)NC(CCC(N)=O)C(=O)O)C(C)C. The van der Waals surface area contributed by atoms with Crippen LogP contribution in [-0.4, -0.2) is 70.9 Å². The Labute approximate surface area is 180 Å². The number of thioether (sulfide) groups is 1. The third-order valence-electron chi connectivity index (χ3n) is 4.26. The van der Waals surface area contributed by atoms with Crippen LogP contribution < -0.4 is 27.4 Å². The summed E-state index contributed by atoms with van der Waals surface area (Å²) < 4.78 is 0. The minimum atomic E-state index is -1.32. The Morgan fingerprint density at radius 3 is 2.00 bits per heavy atom. The van der Waals surface area contributed by atoms with E-state index in [1.54, 1.807) is 25.6 Å². The molecule has 0 aliphatic heterocycles. The monoisotopic (exact) mass is 447 g/mol. The standard InChI is InChI=1S/C18H33N5O6S/c1-9(2)14(17(27)22-12(18(28)29)5-6-13(20)24)23-15(25)10(3)21-16(26)11(19)7-8-30-4/h9-12,14H,5-8,19H2,1-4H3,(H2,20,24)(H,21,26)(H,22,27)(H,23,25)(H,28,29). The van der Waals surface area contributed by atoms with Gasteiger partial charge < -0.3 is 32.5 Å². The summed E-state index contributed by atoms with van der Waals surface area (Å²) in [7, 11) is 0. The van der Waals surface area contributed by atoms with E-state index in [4.69, 9.17) is 11.5 Å². The Hall–Kier alpha value is -2.34. The van der Waals surface area contributed by atoms with Crippen LogP contribution in [0.3, 0.4) is 0 Å². The van der Waals surface area contributed by atoms with E-state index < -0.39 is 53.8 Å². The molecule has 8 N–H and O–H groups in total. The fourth-order valence-electron chi connectivity index (χ4n) is 2.38. The van der Waals surface area contributed by atoms with Crippen molar-refractivity contribution >= 4 is 41.4 Å². The maximum Gasteiger partial charge on any atom is 0.326 e. The second kappa shape index (κ2) is 13.8. The topological polar surface area (TPSA) is 194 Å². The van der Waals surface area contributed by atoms with Crippen molar-refractivity contribution in [1.29, 1.82) is 0 Å². The number of carbonyl (C=O) groups excluding carboxylic acids is 4. The Morgan fingerprint density at radius 2 is 1.53 bits per heavy atom. The Kier molecular flexibility index (Phi) is 12.7. The van der Waals surface area contributed by atoms with Crippen molar-refractivity contribution in [2.24, 2.45) is 17.4 Å². The third-order valence-corrected chi connectivity index (χ3v) is 4.91. The lowest BCUT2D eigenvalue weighted by Gasteiger charge is -2.26. The lowest BCUT2D eigenvalue weighted by atomic mass is 10.0. The summed E-state index contributed by atoms with van der Waals surface area (Å²) in [6.07, 6.45) is 1.96. The van der Waals surface area contributed by atoms with E-state index in [0.29, 0.717) is 12.2 Å². The van der Waals surface area contributed by atoms with Gasteiger partial charge in [-0.05, 0) is 37.7 Å². The van der Waals surface area contributed by atoms with Crippen molar-refractivity contribution in [1.82, 2.24) is 16.0 Å². The first kappa shape index (κ1) is 27.7. The first-order valence-corrected chi connectivity index (χ1v) is 11.0. The van der Waals surface area contributed by atoms with Gasteiger partial charge in [-0.3, -0.25) is 19.2 Å². The van der Waals surface area contributed by atoms with Gasteiger partial charge in [-0.25, -0.2) is 4.79 Å². The molecular formula is C18H33N5O6S. The lowest BCUT2D eigenvalue weighted by molar-refractivity contribution is -0.143. The molecule has 0 aromatic heterocycles. The number of aliphatic carboxylic acids is 1. The molecule has 172 valence electrons. The zero-order valence-electron chi connectivity index (χ0n) is 17.8. The maximum atomic E-state index is 12.5. The Balaban J connectivity index is 4.97. The molecule has 4 amide bonds. The number of primary amides is 1. The van der Waals surface area contributed by atoms with Crippen LogP contribution in [0.15, 0.2) is 0 Å². The lowest BCUT2D eigenvalue weighted by Crippen LogP contribution is -2.57. The number of hydrogen-bond acceptors (Lipinski definition) is 7. The smallest absolute Gasteiger partial charge is 0.326 e. The van der Waals surface area contributed by atoms with Gasteiger partial charge in [0.1, 0.15) is 18.1 Å². The predicted octanol–water partition coefficient (Wildman–Crippen LogP) is -1.45. The largest absolute Gasteiger partial charge is 0.480 e. The summed E-state index contributed by atoms with van der Waals surface area (Å²) in [6.45, 7) is 4.80. The van der Waals surface area contributed by atoms with Gasteiger partial charge >= 0.3 is 5.97 Å². The zero-order chi connectivity index (χ0) is 23.4. The minimum absolute atomic E-state index is 0.171. The van der Waals surface area contributed by atoms with E-state index in [9.17, 15) is 29.1 Å². The highest BCUT2D eigenvalue weighted by Gasteiger charge is 2.30. The molecule has 0 saturated carbocycles. The fourth-order valence-corrected chi connectivity index (χ4v) is 2.87. The molecule has 0 aliphatic rings. The van der Waals surface area contributed by atoms with Gasteiger partial charge in [-0.1, -0.05) is 13.8 Å². The van der Waals surface area contributed by atoms with Gasteiger partial charge in [0.15, 0.2) is 0 Å². The summed E-state index contributed by atoms with van der Waals surface area (Å²) in [6, 6.07) is -4.07. The molecular weight excluding hydrogens is 414 g/mol. The average Bonchev–Trinajstić information content (AvgIpc) is 2.65. The second-order valence-electron chi connectivity index (χ2n) is 7.25. The summed E-state index contributed by atoms with van der Waals surface area (Å²) in [4.78, 5) is 59.2. The van der Waals surface area contributed by atoms with Crippen molar-refractivity contribution in [2.45, 2.75) is 64.2 Å². The number of hydrogen-bond donors (Lipinski definition) is 6. The molecule has 0 aromatic carbocycles. The highest BCUT2D eigenvalue weighted by molar-refractivity contribution is 7.98. The molecule has 4 unspecified atom stereocenters. The molecule has 30 heavy (non-hydrogen) atoms. The van der Waals surface area contributed by atoms with Crippen molar-refractivity contribution in [3.63, 3.8) is 0 Å². The van der Waals surface area contributed by atoms with E-state index in [1.807, 2.05) is 6.26 Å². The van der Waals surface area contributed by atoms with E-state index in [2.05, 4.69) is 16.0 Å². The van der Waals surface area contributed by atoms with Crippen molar-refractivity contribution in [2.75, 3.05) is 12.0 Å². The highest BCUT2D eigenvalue weighted by atomic mass is 32.2. The molecule has 11 nitrogen and oxygen atoms in total. The number of nitrogens with one attached hydrogen (secondary N) is 3. The molecule has 0 saturated heterocycles. The minimum Gasteiger partial charge on any atom is -0.480 e. The first-order chi connectivity index (χ1) is 13.9. The summed E-state index contributed by atoms with van der Waals surface area (Å²) in [5.41, 5.74) is 10.8. The molecule has 0 heterocycles. The number of nitrogens with two attached hydrogens (primary N) is 2. The Morgan fingerprint density at radius 1 is 0.933 bits per heavy atom. The third kappa shape index (κ3) is 10.4. The average molecular weight is 448 g/mol. The molecule has 0 aromatic rings.